The van der Waals surface area contributed by atoms with Crippen LogP contribution in [0.2, 0.25) is 0 Å². The number of benzene rings is 1. The Bertz CT molecular complexity index is 995. The zero-order valence-electron chi connectivity index (χ0n) is 18.1. The molecule has 2 aliphatic heterocycles. The maximum Gasteiger partial charge on any atom is 0.415 e. The van der Waals surface area contributed by atoms with Crippen molar-refractivity contribution in [1.29, 1.82) is 0 Å². The maximum absolute atomic E-state index is 13.2. The lowest BCUT2D eigenvalue weighted by molar-refractivity contribution is 0.0438. The van der Waals surface area contributed by atoms with Gasteiger partial charge in [-0.2, -0.15) is 0 Å². The first-order valence-corrected chi connectivity index (χ1v) is 10.7. The van der Waals surface area contributed by atoms with Crippen LogP contribution in [0.15, 0.2) is 30.5 Å². The first-order valence-electron chi connectivity index (χ1n) is 10.7. The molecule has 0 saturated carbocycles. The summed E-state index contributed by atoms with van der Waals surface area (Å²) in [5.74, 6) is 0.476. The van der Waals surface area contributed by atoms with Crippen LogP contribution in [-0.4, -0.2) is 52.1 Å². The molecule has 0 bridgehead atoms. The molecule has 164 valence electrons. The summed E-state index contributed by atoms with van der Waals surface area (Å²) in [6.45, 7) is 7.32. The molecule has 2 amide bonds. The van der Waals surface area contributed by atoms with E-state index < -0.39 is 11.7 Å². The number of rotatable bonds is 3. The number of hydrogen-bond acceptors (Lipinski definition) is 5. The Morgan fingerprint density at radius 1 is 1.19 bits per heavy atom. The predicted molar refractivity (Wildman–Crippen MR) is 114 cm³/mol. The van der Waals surface area contributed by atoms with Crippen molar-refractivity contribution in [3.05, 3.63) is 53.4 Å². The fourth-order valence-electron chi connectivity index (χ4n) is 4.22. The number of likely N-dealkylation sites (tertiary alicyclic amines) is 1. The first-order chi connectivity index (χ1) is 14.8. The Morgan fingerprint density at radius 3 is 2.61 bits per heavy atom. The number of amides is 2. The minimum atomic E-state index is -0.645. The number of aromatic nitrogens is 2. The highest BCUT2D eigenvalue weighted by atomic mass is 19.1. The third kappa shape index (κ3) is 4.24. The van der Waals surface area contributed by atoms with E-state index in [0.717, 1.165) is 12.2 Å². The van der Waals surface area contributed by atoms with Crippen LogP contribution in [0, 0.1) is 12.7 Å². The highest BCUT2D eigenvalue weighted by Gasteiger charge is 2.46. The standard InChI is InChI=1S/C23H27FN4O3/c1-15(2)20-25-13-19(16(3)26-20)21(29)27-11-4-9-23(10-12-27)14-28(22(30)31-23)18-7-5-17(24)6-8-18/h5-8,13,15H,4,9-12,14H2,1-3H3. The van der Waals surface area contributed by atoms with E-state index in [1.165, 1.54) is 12.1 Å². The number of ether oxygens (including phenoxy) is 1. The molecule has 1 spiro atoms. The van der Waals surface area contributed by atoms with E-state index in [1.54, 1.807) is 28.1 Å². The van der Waals surface area contributed by atoms with Gasteiger partial charge in [-0.3, -0.25) is 9.69 Å². The van der Waals surface area contributed by atoms with Gasteiger partial charge < -0.3 is 9.64 Å². The van der Waals surface area contributed by atoms with E-state index >= 15 is 0 Å². The molecular weight excluding hydrogens is 399 g/mol. The van der Waals surface area contributed by atoms with Crippen molar-refractivity contribution < 1.29 is 18.7 Å². The second-order valence-corrected chi connectivity index (χ2v) is 8.64. The van der Waals surface area contributed by atoms with E-state index in [0.29, 0.717) is 49.4 Å². The number of aryl methyl sites for hydroxylation is 1. The summed E-state index contributed by atoms with van der Waals surface area (Å²) in [7, 11) is 0. The van der Waals surface area contributed by atoms with Gasteiger partial charge >= 0.3 is 6.09 Å². The monoisotopic (exact) mass is 426 g/mol. The van der Waals surface area contributed by atoms with Gasteiger partial charge in [-0.25, -0.2) is 19.2 Å². The minimum absolute atomic E-state index is 0.0930. The normalized spacial score (nSPS) is 21.5. The third-order valence-corrected chi connectivity index (χ3v) is 6.04. The molecule has 1 unspecified atom stereocenters. The number of carbonyl (C=O) groups is 2. The summed E-state index contributed by atoms with van der Waals surface area (Å²) in [4.78, 5) is 37.8. The smallest absolute Gasteiger partial charge is 0.415 e. The predicted octanol–water partition coefficient (Wildman–Crippen LogP) is 4.07. The van der Waals surface area contributed by atoms with Crippen LogP contribution in [0.4, 0.5) is 14.9 Å². The quantitative estimate of drug-likeness (QED) is 0.740. The molecule has 0 radical (unpaired) electrons. The summed E-state index contributed by atoms with van der Waals surface area (Å²) in [5.41, 5.74) is 1.15. The first kappa shape index (κ1) is 21.2. The highest BCUT2D eigenvalue weighted by Crippen LogP contribution is 2.36. The average molecular weight is 426 g/mol. The Kier molecular flexibility index (Phi) is 5.64. The second kappa shape index (κ2) is 8.24. The summed E-state index contributed by atoms with van der Waals surface area (Å²) >= 11 is 0. The molecule has 1 atom stereocenters. The zero-order valence-corrected chi connectivity index (χ0v) is 18.1. The molecule has 3 heterocycles. The van der Waals surface area contributed by atoms with Crippen LogP contribution < -0.4 is 4.90 Å². The largest absolute Gasteiger partial charge is 0.441 e. The van der Waals surface area contributed by atoms with Crippen LogP contribution in [-0.2, 0) is 4.74 Å². The van der Waals surface area contributed by atoms with E-state index in [1.807, 2.05) is 20.8 Å². The van der Waals surface area contributed by atoms with Crippen LogP contribution in [0.5, 0.6) is 0 Å². The van der Waals surface area contributed by atoms with Gasteiger partial charge in [0.25, 0.3) is 5.91 Å². The van der Waals surface area contributed by atoms with Crippen LogP contribution in [0.1, 0.15) is 60.9 Å². The Balaban J connectivity index is 1.47. The van der Waals surface area contributed by atoms with Gasteiger partial charge in [-0.05, 0) is 44.0 Å². The van der Waals surface area contributed by atoms with Crippen molar-refractivity contribution in [2.75, 3.05) is 24.5 Å². The van der Waals surface area contributed by atoms with Crippen LogP contribution in [0.3, 0.4) is 0 Å². The van der Waals surface area contributed by atoms with Gasteiger partial charge in [-0.1, -0.05) is 13.8 Å². The SMILES string of the molecule is Cc1nc(C(C)C)ncc1C(=O)N1CCCC2(CC1)CN(c1ccc(F)cc1)C(=O)O2. The molecule has 1 aromatic heterocycles. The third-order valence-electron chi connectivity index (χ3n) is 6.04. The number of anilines is 1. The molecular formula is C23H27FN4O3. The minimum Gasteiger partial charge on any atom is -0.441 e. The Morgan fingerprint density at radius 2 is 1.94 bits per heavy atom. The van der Waals surface area contributed by atoms with Gasteiger partial charge in [0.05, 0.1) is 17.8 Å². The Labute approximate surface area is 181 Å². The van der Waals surface area contributed by atoms with Crippen molar-refractivity contribution in [2.24, 2.45) is 0 Å². The summed E-state index contributed by atoms with van der Waals surface area (Å²) in [5, 5.41) is 0. The lowest BCUT2D eigenvalue weighted by atomic mass is 9.95. The lowest BCUT2D eigenvalue weighted by Crippen LogP contribution is -2.37. The Hall–Kier alpha value is -3.03. The van der Waals surface area contributed by atoms with Gasteiger partial charge in [-0.15, -0.1) is 0 Å². The van der Waals surface area contributed by atoms with E-state index in [9.17, 15) is 14.0 Å². The molecule has 31 heavy (non-hydrogen) atoms. The van der Waals surface area contributed by atoms with E-state index in [-0.39, 0.29) is 17.6 Å². The topological polar surface area (TPSA) is 75.6 Å². The van der Waals surface area contributed by atoms with Crippen molar-refractivity contribution in [1.82, 2.24) is 14.9 Å². The molecule has 0 aliphatic carbocycles. The van der Waals surface area contributed by atoms with Crippen molar-refractivity contribution in [3.63, 3.8) is 0 Å². The second-order valence-electron chi connectivity index (χ2n) is 8.64. The van der Waals surface area contributed by atoms with Gasteiger partial charge in [0.2, 0.25) is 0 Å². The summed E-state index contributed by atoms with van der Waals surface area (Å²) in [6, 6.07) is 5.81. The maximum atomic E-state index is 13.2. The molecule has 0 N–H and O–H groups in total. The lowest BCUT2D eigenvalue weighted by Gasteiger charge is -2.25. The molecule has 2 aliphatic rings. The number of nitrogens with zero attached hydrogens (tertiary/aromatic N) is 4. The van der Waals surface area contributed by atoms with E-state index in [4.69, 9.17) is 4.74 Å². The zero-order chi connectivity index (χ0) is 22.2. The molecule has 2 aromatic rings. The van der Waals surface area contributed by atoms with Gasteiger partial charge in [0.1, 0.15) is 17.2 Å². The van der Waals surface area contributed by atoms with Crippen molar-refractivity contribution >= 4 is 17.7 Å². The summed E-state index contributed by atoms with van der Waals surface area (Å²) in [6.07, 6.45) is 3.13. The number of hydrogen-bond donors (Lipinski definition) is 0. The van der Waals surface area contributed by atoms with Gasteiger partial charge in [0.15, 0.2) is 0 Å². The molecule has 2 saturated heterocycles. The van der Waals surface area contributed by atoms with Gasteiger partial charge in [0, 0.05) is 37.3 Å². The fraction of sp³-hybridized carbons (Fsp3) is 0.478. The van der Waals surface area contributed by atoms with Crippen LogP contribution in [0.25, 0.3) is 0 Å². The fourth-order valence-corrected chi connectivity index (χ4v) is 4.22. The van der Waals surface area contributed by atoms with E-state index in [2.05, 4.69) is 9.97 Å². The highest BCUT2D eigenvalue weighted by molar-refractivity contribution is 5.95. The molecule has 4 rings (SSSR count). The van der Waals surface area contributed by atoms with Crippen molar-refractivity contribution in [3.8, 4) is 0 Å². The van der Waals surface area contributed by atoms with Crippen molar-refractivity contribution in [2.45, 2.75) is 51.6 Å². The average Bonchev–Trinajstić information content (AvgIpc) is 2.92. The number of carbonyl (C=O) groups excluding carboxylic acids is 2. The van der Waals surface area contributed by atoms with Crippen LogP contribution >= 0.6 is 0 Å². The summed E-state index contributed by atoms with van der Waals surface area (Å²) < 4.78 is 19.0. The molecule has 1 aromatic carbocycles. The molecule has 8 heteroatoms. The number of halogens is 1. The molecule has 2 fully saturated rings. The molecule has 7 nitrogen and oxygen atoms in total.